The van der Waals surface area contributed by atoms with Crippen molar-refractivity contribution in [3.8, 4) is 17.1 Å². The van der Waals surface area contributed by atoms with E-state index in [1.54, 1.807) is 15.4 Å². The fraction of sp³-hybridized carbons (Fsp3) is 0.105. The van der Waals surface area contributed by atoms with Crippen LogP contribution >= 0.6 is 0 Å². The second kappa shape index (κ2) is 5.73. The highest BCUT2D eigenvalue weighted by Crippen LogP contribution is 2.23. The van der Waals surface area contributed by atoms with Crippen molar-refractivity contribution in [2.45, 2.75) is 6.92 Å². The Morgan fingerprint density at radius 2 is 1.88 bits per heavy atom. The SMILES string of the molecule is Cc1c(-c2nc3ccc(C(=O)O)cc3[nH]2)c(=O)n(-c2ccccc2)n1C. The number of aromatic amines is 1. The van der Waals surface area contributed by atoms with E-state index in [0.717, 1.165) is 11.4 Å². The minimum Gasteiger partial charge on any atom is -0.478 e. The largest absolute Gasteiger partial charge is 0.478 e. The first kappa shape index (κ1) is 15.9. The number of aromatic carboxylic acids is 1. The number of H-pyrrole nitrogens is 1. The van der Waals surface area contributed by atoms with E-state index < -0.39 is 5.97 Å². The van der Waals surface area contributed by atoms with E-state index in [1.807, 2.05) is 44.3 Å². The van der Waals surface area contributed by atoms with E-state index >= 15 is 0 Å². The van der Waals surface area contributed by atoms with Crippen LogP contribution in [0.25, 0.3) is 28.1 Å². The van der Waals surface area contributed by atoms with Crippen molar-refractivity contribution in [1.82, 2.24) is 19.3 Å². The predicted octanol–water partition coefficient (Wildman–Crippen LogP) is 2.73. The lowest BCUT2D eigenvalue weighted by atomic mass is 10.2. The van der Waals surface area contributed by atoms with E-state index in [-0.39, 0.29) is 11.1 Å². The number of nitrogens with zero attached hydrogens (tertiary/aromatic N) is 3. The van der Waals surface area contributed by atoms with Crippen molar-refractivity contribution in [2.75, 3.05) is 0 Å². The van der Waals surface area contributed by atoms with Crippen molar-refractivity contribution in [3.05, 3.63) is 70.1 Å². The molecule has 7 nitrogen and oxygen atoms in total. The monoisotopic (exact) mass is 348 g/mol. The Balaban J connectivity index is 1.93. The first-order valence-corrected chi connectivity index (χ1v) is 8.05. The van der Waals surface area contributed by atoms with Crippen LogP contribution in [0.15, 0.2) is 53.3 Å². The number of imidazole rings is 1. The summed E-state index contributed by atoms with van der Waals surface area (Å²) in [5.41, 5.74) is 3.15. The summed E-state index contributed by atoms with van der Waals surface area (Å²) in [6, 6.07) is 14.0. The van der Waals surface area contributed by atoms with Gasteiger partial charge in [-0.25, -0.2) is 14.5 Å². The number of carboxylic acids is 1. The molecule has 2 aromatic carbocycles. The van der Waals surface area contributed by atoms with Gasteiger partial charge in [-0.05, 0) is 37.3 Å². The zero-order valence-corrected chi connectivity index (χ0v) is 14.2. The van der Waals surface area contributed by atoms with Gasteiger partial charge < -0.3 is 10.1 Å². The number of rotatable bonds is 3. The molecule has 0 unspecified atom stereocenters. The topological polar surface area (TPSA) is 92.9 Å². The fourth-order valence-corrected chi connectivity index (χ4v) is 3.10. The number of fused-ring (bicyclic) bond motifs is 1. The number of hydrogen-bond acceptors (Lipinski definition) is 3. The van der Waals surface area contributed by atoms with Crippen LogP contribution in [0, 0.1) is 6.92 Å². The molecule has 0 saturated carbocycles. The smallest absolute Gasteiger partial charge is 0.335 e. The van der Waals surface area contributed by atoms with Gasteiger partial charge in [0.25, 0.3) is 5.56 Å². The summed E-state index contributed by atoms with van der Waals surface area (Å²) in [5.74, 6) is -0.583. The van der Waals surface area contributed by atoms with Crippen molar-refractivity contribution in [2.24, 2.45) is 7.05 Å². The van der Waals surface area contributed by atoms with Crippen LogP contribution in [-0.4, -0.2) is 30.4 Å². The Hall–Kier alpha value is -3.61. The van der Waals surface area contributed by atoms with Crippen LogP contribution in [0.4, 0.5) is 0 Å². The molecule has 0 radical (unpaired) electrons. The number of carboxylic acid groups (broad SMARTS) is 1. The van der Waals surface area contributed by atoms with Gasteiger partial charge in [0, 0.05) is 12.7 Å². The Morgan fingerprint density at radius 3 is 2.58 bits per heavy atom. The molecule has 0 aliphatic heterocycles. The molecule has 0 bridgehead atoms. The average molecular weight is 348 g/mol. The second-order valence-electron chi connectivity index (χ2n) is 6.06. The summed E-state index contributed by atoms with van der Waals surface area (Å²) < 4.78 is 3.36. The first-order valence-electron chi connectivity index (χ1n) is 8.05. The zero-order chi connectivity index (χ0) is 18.4. The van der Waals surface area contributed by atoms with Crippen LogP contribution < -0.4 is 5.56 Å². The quantitative estimate of drug-likeness (QED) is 0.595. The standard InChI is InChI=1S/C19H16N4O3/c1-11-16(18(24)23(22(11)2)13-6-4-3-5-7-13)17-20-14-9-8-12(19(25)26)10-15(14)21-17/h3-10H,1-2H3,(H,20,21)(H,25,26). The average Bonchev–Trinajstić information content (AvgIpc) is 3.13. The molecule has 2 N–H and O–H groups in total. The molecule has 26 heavy (non-hydrogen) atoms. The molecule has 2 aromatic heterocycles. The molecular formula is C19H16N4O3. The van der Waals surface area contributed by atoms with Crippen LogP contribution in [0.2, 0.25) is 0 Å². The maximum atomic E-state index is 13.1. The molecule has 0 fully saturated rings. The summed E-state index contributed by atoms with van der Waals surface area (Å²) in [6.45, 7) is 1.85. The first-order chi connectivity index (χ1) is 12.5. The van der Waals surface area contributed by atoms with E-state index in [0.29, 0.717) is 22.4 Å². The minimum absolute atomic E-state index is 0.166. The summed E-state index contributed by atoms with van der Waals surface area (Å²) >= 11 is 0. The lowest BCUT2D eigenvalue weighted by Crippen LogP contribution is -2.20. The van der Waals surface area contributed by atoms with Crippen LogP contribution in [0.3, 0.4) is 0 Å². The van der Waals surface area contributed by atoms with E-state index in [2.05, 4.69) is 9.97 Å². The predicted molar refractivity (Wildman–Crippen MR) is 97.8 cm³/mol. The molecule has 0 saturated heterocycles. The third-order valence-electron chi connectivity index (χ3n) is 4.52. The summed E-state index contributed by atoms with van der Waals surface area (Å²) in [6.07, 6.45) is 0. The minimum atomic E-state index is -1.01. The number of benzene rings is 2. The summed E-state index contributed by atoms with van der Waals surface area (Å²) in [7, 11) is 1.82. The van der Waals surface area contributed by atoms with Crippen molar-refractivity contribution >= 4 is 17.0 Å². The lowest BCUT2D eigenvalue weighted by molar-refractivity contribution is 0.0697. The van der Waals surface area contributed by atoms with E-state index in [4.69, 9.17) is 5.11 Å². The van der Waals surface area contributed by atoms with Gasteiger partial charge in [0.1, 0.15) is 11.4 Å². The number of nitrogens with one attached hydrogen (secondary N) is 1. The normalized spacial score (nSPS) is 11.2. The molecular weight excluding hydrogens is 332 g/mol. The van der Waals surface area contributed by atoms with Gasteiger partial charge in [0.15, 0.2) is 0 Å². The highest BCUT2D eigenvalue weighted by molar-refractivity contribution is 5.93. The molecule has 0 aliphatic carbocycles. The van der Waals surface area contributed by atoms with Gasteiger partial charge >= 0.3 is 5.97 Å². The van der Waals surface area contributed by atoms with Crippen LogP contribution in [0.1, 0.15) is 16.1 Å². The van der Waals surface area contributed by atoms with Gasteiger partial charge in [-0.1, -0.05) is 18.2 Å². The molecule has 0 amide bonds. The fourth-order valence-electron chi connectivity index (χ4n) is 3.10. The number of aromatic nitrogens is 4. The van der Waals surface area contributed by atoms with Gasteiger partial charge in [0.2, 0.25) is 0 Å². The van der Waals surface area contributed by atoms with Crippen LogP contribution in [-0.2, 0) is 7.05 Å². The van der Waals surface area contributed by atoms with Gasteiger partial charge in [-0.3, -0.25) is 9.48 Å². The van der Waals surface area contributed by atoms with Crippen molar-refractivity contribution in [3.63, 3.8) is 0 Å². The third kappa shape index (κ3) is 2.33. The maximum Gasteiger partial charge on any atom is 0.335 e. The number of para-hydroxylation sites is 1. The van der Waals surface area contributed by atoms with E-state index in [1.165, 1.54) is 12.1 Å². The number of carbonyl (C=O) groups is 1. The Morgan fingerprint density at radius 1 is 1.15 bits per heavy atom. The second-order valence-corrected chi connectivity index (χ2v) is 6.06. The zero-order valence-electron chi connectivity index (χ0n) is 14.2. The van der Waals surface area contributed by atoms with Crippen LogP contribution in [0.5, 0.6) is 0 Å². The van der Waals surface area contributed by atoms with Gasteiger partial charge in [-0.2, -0.15) is 0 Å². The molecule has 4 aromatic rings. The Labute approximate surface area is 148 Å². The highest BCUT2D eigenvalue weighted by Gasteiger charge is 2.20. The number of hydrogen-bond donors (Lipinski definition) is 2. The lowest BCUT2D eigenvalue weighted by Gasteiger charge is -2.07. The van der Waals surface area contributed by atoms with E-state index in [9.17, 15) is 9.59 Å². The maximum absolute atomic E-state index is 13.1. The molecule has 2 heterocycles. The van der Waals surface area contributed by atoms with Gasteiger partial charge in [0.05, 0.1) is 22.3 Å². The Bertz CT molecular complexity index is 1200. The van der Waals surface area contributed by atoms with Gasteiger partial charge in [-0.15, -0.1) is 0 Å². The summed E-state index contributed by atoms with van der Waals surface area (Å²) in [4.78, 5) is 31.8. The molecule has 4 rings (SSSR count). The Kier molecular flexibility index (Phi) is 3.50. The third-order valence-corrected chi connectivity index (χ3v) is 4.52. The summed E-state index contributed by atoms with van der Waals surface area (Å²) in [5, 5.41) is 9.13. The molecule has 0 spiro atoms. The molecule has 0 atom stereocenters. The molecule has 0 aliphatic rings. The van der Waals surface area contributed by atoms with Crippen molar-refractivity contribution < 1.29 is 9.90 Å². The van der Waals surface area contributed by atoms with Crippen molar-refractivity contribution in [1.29, 1.82) is 0 Å². The molecule has 130 valence electrons. The highest BCUT2D eigenvalue weighted by atomic mass is 16.4. The molecule has 7 heteroatoms.